The smallest absolute Gasteiger partial charge is 0.137 e. The van der Waals surface area contributed by atoms with Crippen molar-refractivity contribution in [3.63, 3.8) is 0 Å². The molecule has 0 amide bonds. The maximum Gasteiger partial charge on any atom is 0.137 e. The molecule has 0 radical (unpaired) electrons. The van der Waals surface area contributed by atoms with Crippen LogP contribution in [-0.4, -0.2) is 30.7 Å². The Labute approximate surface area is 121 Å². The van der Waals surface area contributed by atoms with Crippen LogP contribution in [0.25, 0.3) is 5.65 Å². The zero-order chi connectivity index (χ0) is 13.9. The number of nitrogens with one attached hydrogen (secondary N) is 1. The van der Waals surface area contributed by atoms with Gasteiger partial charge in [-0.25, -0.2) is 4.98 Å². The highest BCUT2D eigenvalue weighted by molar-refractivity contribution is 6.30. The molecule has 0 fully saturated rings. The third kappa shape index (κ3) is 2.81. The lowest BCUT2D eigenvalue weighted by atomic mass is 10.4. The molecule has 0 aliphatic rings. The minimum atomic E-state index is 0.705. The van der Waals surface area contributed by atoms with Crippen molar-refractivity contribution in [3.8, 4) is 0 Å². The van der Waals surface area contributed by atoms with E-state index in [9.17, 15) is 0 Å². The van der Waals surface area contributed by atoms with Crippen LogP contribution in [0.15, 0.2) is 30.9 Å². The fraction of sp³-hybridized carbons (Fsp3) is 0.308. The van der Waals surface area contributed by atoms with Gasteiger partial charge in [0, 0.05) is 39.0 Å². The van der Waals surface area contributed by atoms with E-state index in [1.165, 1.54) is 0 Å². The van der Waals surface area contributed by atoms with Crippen molar-refractivity contribution in [2.45, 2.75) is 13.0 Å². The van der Waals surface area contributed by atoms with Crippen molar-refractivity contribution in [1.29, 1.82) is 0 Å². The lowest BCUT2D eigenvalue weighted by Crippen LogP contribution is -2.18. The summed E-state index contributed by atoms with van der Waals surface area (Å²) < 4.78 is 3.86. The van der Waals surface area contributed by atoms with Crippen LogP contribution < -0.4 is 5.32 Å². The minimum absolute atomic E-state index is 0.705. The highest BCUT2D eigenvalue weighted by Gasteiger charge is 2.03. The van der Waals surface area contributed by atoms with Gasteiger partial charge in [-0.2, -0.15) is 0 Å². The molecule has 0 bridgehead atoms. The zero-order valence-corrected chi connectivity index (χ0v) is 11.9. The van der Waals surface area contributed by atoms with Gasteiger partial charge in [0.25, 0.3) is 0 Å². The van der Waals surface area contributed by atoms with Gasteiger partial charge in [0.15, 0.2) is 0 Å². The van der Waals surface area contributed by atoms with Crippen LogP contribution in [0, 0.1) is 0 Å². The summed E-state index contributed by atoms with van der Waals surface area (Å²) in [5.74, 6) is 0.972. The molecule has 7 heteroatoms. The molecular formula is C13H15ClN6. The summed E-state index contributed by atoms with van der Waals surface area (Å²) in [7, 11) is 1.95. The molecule has 104 valence electrons. The summed E-state index contributed by atoms with van der Waals surface area (Å²) in [6.07, 6.45) is 6.39. The molecule has 0 unspecified atom stereocenters. The average Bonchev–Trinajstić information content (AvgIpc) is 3.00. The standard InChI is InChI=1S/C13H15ClN6/c1-19-9-16-18-13(19)4-5-15-6-11-8-20-7-10(14)2-3-12(20)17-11/h2-3,7-9,15H,4-6H2,1H3. The molecule has 3 heterocycles. The topological polar surface area (TPSA) is 60.0 Å². The highest BCUT2D eigenvalue weighted by Crippen LogP contribution is 2.11. The number of imidazole rings is 1. The number of halogens is 1. The first kappa shape index (κ1) is 13.1. The molecule has 0 saturated heterocycles. The van der Waals surface area contributed by atoms with Crippen LogP contribution >= 0.6 is 11.6 Å². The molecular weight excluding hydrogens is 276 g/mol. The SMILES string of the molecule is Cn1cnnc1CCNCc1cn2cc(Cl)ccc2n1. The Morgan fingerprint density at radius 2 is 2.20 bits per heavy atom. The molecule has 0 aliphatic heterocycles. The third-order valence-electron chi connectivity index (χ3n) is 3.10. The van der Waals surface area contributed by atoms with E-state index in [-0.39, 0.29) is 0 Å². The lowest BCUT2D eigenvalue weighted by Gasteiger charge is -2.02. The first-order chi connectivity index (χ1) is 9.72. The molecule has 20 heavy (non-hydrogen) atoms. The Morgan fingerprint density at radius 1 is 1.30 bits per heavy atom. The van der Waals surface area contributed by atoms with Gasteiger partial charge in [0.2, 0.25) is 0 Å². The van der Waals surface area contributed by atoms with Crippen LogP contribution in [-0.2, 0) is 20.0 Å². The molecule has 3 aromatic rings. The monoisotopic (exact) mass is 290 g/mol. The number of hydrogen-bond acceptors (Lipinski definition) is 4. The maximum absolute atomic E-state index is 5.95. The summed E-state index contributed by atoms with van der Waals surface area (Å²) in [6.45, 7) is 1.55. The van der Waals surface area contributed by atoms with E-state index in [4.69, 9.17) is 11.6 Å². The highest BCUT2D eigenvalue weighted by atomic mass is 35.5. The van der Waals surface area contributed by atoms with Crippen molar-refractivity contribution in [1.82, 2.24) is 29.5 Å². The minimum Gasteiger partial charge on any atom is -0.321 e. The fourth-order valence-corrected chi connectivity index (χ4v) is 2.22. The lowest BCUT2D eigenvalue weighted by molar-refractivity contribution is 0.647. The van der Waals surface area contributed by atoms with Gasteiger partial charge in [-0.15, -0.1) is 10.2 Å². The quantitative estimate of drug-likeness (QED) is 0.723. The third-order valence-corrected chi connectivity index (χ3v) is 3.33. The normalized spacial score (nSPS) is 11.3. The second-order valence-corrected chi connectivity index (χ2v) is 5.07. The molecule has 0 atom stereocenters. The molecule has 1 N–H and O–H groups in total. The fourth-order valence-electron chi connectivity index (χ4n) is 2.05. The van der Waals surface area contributed by atoms with E-state index >= 15 is 0 Å². The van der Waals surface area contributed by atoms with Gasteiger partial charge in [-0.3, -0.25) is 0 Å². The molecule has 3 aromatic heterocycles. The van der Waals surface area contributed by atoms with Crippen molar-refractivity contribution in [2.75, 3.05) is 6.54 Å². The first-order valence-electron chi connectivity index (χ1n) is 6.39. The van der Waals surface area contributed by atoms with Gasteiger partial charge in [-0.1, -0.05) is 11.6 Å². The predicted molar refractivity (Wildman–Crippen MR) is 76.6 cm³/mol. The van der Waals surface area contributed by atoms with E-state index in [2.05, 4.69) is 20.5 Å². The molecule has 0 aliphatic carbocycles. The van der Waals surface area contributed by atoms with Crippen LogP contribution in [0.4, 0.5) is 0 Å². The van der Waals surface area contributed by atoms with Crippen molar-refractivity contribution < 1.29 is 0 Å². The van der Waals surface area contributed by atoms with E-state index in [0.717, 1.165) is 36.7 Å². The Morgan fingerprint density at radius 3 is 3.00 bits per heavy atom. The Balaban J connectivity index is 1.56. The Hall–Kier alpha value is -1.92. The maximum atomic E-state index is 5.95. The Kier molecular flexibility index (Phi) is 3.66. The van der Waals surface area contributed by atoms with Gasteiger partial charge >= 0.3 is 0 Å². The number of nitrogens with zero attached hydrogens (tertiary/aromatic N) is 5. The summed E-state index contributed by atoms with van der Waals surface area (Å²) >= 11 is 5.95. The van der Waals surface area contributed by atoms with E-state index < -0.39 is 0 Å². The second-order valence-electron chi connectivity index (χ2n) is 4.63. The summed E-state index contributed by atoms with van der Waals surface area (Å²) in [5, 5.41) is 12.0. The van der Waals surface area contributed by atoms with Crippen LogP contribution in [0.1, 0.15) is 11.5 Å². The summed E-state index contributed by atoms with van der Waals surface area (Å²) in [4.78, 5) is 4.51. The van der Waals surface area contributed by atoms with E-state index in [0.29, 0.717) is 5.02 Å². The average molecular weight is 291 g/mol. The predicted octanol–water partition coefficient (Wildman–Crippen LogP) is 1.45. The van der Waals surface area contributed by atoms with Crippen LogP contribution in [0.5, 0.6) is 0 Å². The molecule has 6 nitrogen and oxygen atoms in total. The largest absolute Gasteiger partial charge is 0.321 e. The number of hydrogen-bond donors (Lipinski definition) is 1. The number of rotatable bonds is 5. The number of fused-ring (bicyclic) bond motifs is 1. The number of aromatic nitrogens is 5. The van der Waals surface area contributed by atoms with Crippen molar-refractivity contribution in [2.24, 2.45) is 7.05 Å². The van der Waals surface area contributed by atoms with E-state index in [1.807, 2.05) is 40.5 Å². The van der Waals surface area contributed by atoms with Crippen LogP contribution in [0.2, 0.25) is 5.02 Å². The summed E-state index contributed by atoms with van der Waals surface area (Å²) in [6, 6.07) is 3.75. The van der Waals surface area contributed by atoms with Crippen molar-refractivity contribution >= 4 is 17.2 Å². The second kappa shape index (κ2) is 5.60. The zero-order valence-electron chi connectivity index (χ0n) is 11.1. The van der Waals surface area contributed by atoms with Gasteiger partial charge in [0.05, 0.1) is 10.7 Å². The van der Waals surface area contributed by atoms with Crippen molar-refractivity contribution in [3.05, 3.63) is 47.4 Å². The van der Waals surface area contributed by atoms with Gasteiger partial charge in [-0.05, 0) is 12.1 Å². The number of aryl methyl sites for hydroxylation is 1. The molecule has 0 saturated carbocycles. The summed E-state index contributed by atoms with van der Waals surface area (Å²) in [5.41, 5.74) is 1.89. The van der Waals surface area contributed by atoms with Gasteiger partial charge in [0.1, 0.15) is 17.8 Å². The first-order valence-corrected chi connectivity index (χ1v) is 6.77. The van der Waals surface area contributed by atoms with Gasteiger partial charge < -0.3 is 14.3 Å². The molecule has 0 spiro atoms. The van der Waals surface area contributed by atoms with E-state index in [1.54, 1.807) is 6.33 Å². The van der Waals surface area contributed by atoms with Crippen LogP contribution in [0.3, 0.4) is 0 Å². The molecule has 3 rings (SSSR count). The number of pyridine rings is 1. The molecule has 0 aromatic carbocycles. The Bertz CT molecular complexity index is 717.